The molecule has 3 heterocycles. The summed E-state index contributed by atoms with van der Waals surface area (Å²) >= 11 is 0. The van der Waals surface area contributed by atoms with Gasteiger partial charge in [0, 0.05) is 34.6 Å². The number of benzene rings is 4. The van der Waals surface area contributed by atoms with Crippen molar-refractivity contribution in [1.29, 1.82) is 0 Å². The largest absolute Gasteiger partial charge is 0.483 e. The lowest BCUT2D eigenvalue weighted by Crippen LogP contribution is -2.25. The Morgan fingerprint density at radius 2 is 1.27 bits per heavy atom. The second kappa shape index (κ2) is 16.0. The van der Waals surface area contributed by atoms with Crippen LogP contribution in [0.3, 0.4) is 0 Å². The molecule has 5 N–H and O–H groups in total. The minimum Gasteiger partial charge on any atom is -0.483 e. The molecule has 0 aliphatic carbocycles. The average Bonchev–Trinajstić information content (AvgIpc) is 3.95. The third-order valence-corrected chi connectivity index (χ3v) is 9.08. The van der Waals surface area contributed by atoms with Crippen LogP contribution in [0.5, 0.6) is 11.5 Å². The van der Waals surface area contributed by atoms with Crippen LogP contribution < -0.4 is 20.3 Å². The van der Waals surface area contributed by atoms with E-state index in [4.69, 9.17) is 13.9 Å². The number of carbonyl (C=O) groups excluding carboxylic acids is 2. The Balaban J connectivity index is 0.968. The van der Waals surface area contributed by atoms with Crippen LogP contribution in [-0.2, 0) is 9.59 Å². The van der Waals surface area contributed by atoms with Crippen molar-refractivity contribution in [1.82, 2.24) is 20.8 Å². The highest BCUT2D eigenvalue weighted by atomic mass is 16.5. The van der Waals surface area contributed by atoms with Crippen molar-refractivity contribution >= 4 is 46.0 Å². The van der Waals surface area contributed by atoms with Crippen molar-refractivity contribution in [3.8, 4) is 22.6 Å². The van der Waals surface area contributed by atoms with Crippen LogP contribution in [0.15, 0.2) is 112 Å². The first-order valence-corrected chi connectivity index (χ1v) is 17.6. The molecule has 7 aromatic rings. The van der Waals surface area contributed by atoms with Gasteiger partial charge in [0.1, 0.15) is 23.4 Å². The van der Waals surface area contributed by atoms with Gasteiger partial charge in [-0.3, -0.25) is 9.59 Å². The Labute approximate surface area is 316 Å². The molecule has 0 radical (unpaired) electrons. The van der Waals surface area contributed by atoms with Gasteiger partial charge in [0.15, 0.2) is 13.2 Å². The van der Waals surface area contributed by atoms with Crippen LogP contribution in [0.1, 0.15) is 50.8 Å². The number of aliphatic hydroxyl groups is 1. The molecule has 0 saturated heterocycles. The quantitative estimate of drug-likeness (QED) is 0.0616. The number of carbonyl (C=O) groups is 2. The zero-order chi connectivity index (χ0) is 38.5. The van der Waals surface area contributed by atoms with Crippen molar-refractivity contribution in [3.63, 3.8) is 0 Å². The maximum atomic E-state index is 12.7. The van der Waals surface area contributed by atoms with Gasteiger partial charge in [0.25, 0.3) is 11.8 Å². The number of fused-ring (bicyclic) bond motifs is 2. The fraction of sp³-hybridized carbons (Fsp3) is 0.163. The number of aryl methyl sites for hydroxylation is 4. The fourth-order valence-corrected chi connectivity index (χ4v) is 6.52. The molecule has 0 spiro atoms. The molecule has 3 aromatic heterocycles. The minimum atomic E-state index is -1.08. The van der Waals surface area contributed by atoms with E-state index in [9.17, 15) is 14.7 Å². The smallest absolute Gasteiger partial charge is 0.277 e. The Morgan fingerprint density at radius 3 is 1.85 bits per heavy atom. The SMILES string of the molecule is Cc1cc(C)c(OCC(=O)NN=Cc2ccc3cc[nH]c3c2)c(-c2coc(C(O)c3cc(C)c(OCC(=O)NN=Cc4ccc5cc[nH]c5c4)c(C)c3)c2)c1. The number of nitrogens with zero attached hydrogens (tertiary/aromatic N) is 2. The van der Waals surface area contributed by atoms with Crippen molar-refractivity contribution in [2.45, 2.75) is 33.8 Å². The van der Waals surface area contributed by atoms with E-state index in [-0.39, 0.29) is 13.2 Å². The second-order valence-electron chi connectivity index (χ2n) is 13.4. The molecule has 1 unspecified atom stereocenters. The van der Waals surface area contributed by atoms with Crippen molar-refractivity contribution in [2.24, 2.45) is 10.2 Å². The molecule has 2 amide bonds. The molecule has 0 bridgehead atoms. The molecule has 1 atom stereocenters. The van der Waals surface area contributed by atoms with Crippen molar-refractivity contribution < 1.29 is 28.6 Å². The zero-order valence-corrected chi connectivity index (χ0v) is 30.8. The summed E-state index contributed by atoms with van der Waals surface area (Å²) in [5.74, 6) is 0.556. The highest BCUT2D eigenvalue weighted by Gasteiger charge is 2.21. The maximum Gasteiger partial charge on any atom is 0.277 e. The monoisotopic (exact) mass is 736 g/mol. The molecule has 0 saturated carbocycles. The number of H-pyrrole nitrogens is 2. The number of ether oxygens (including phenoxy) is 2. The third kappa shape index (κ3) is 8.50. The topological polar surface area (TPSA) is 166 Å². The van der Waals surface area contributed by atoms with E-state index in [1.165, 1.54) is 0 Å². The van der Waals surface area contributed by atoms with Gasteiger partial charge in [0.05, 0.1) is 18.7 Å². The van der Waals surface area contributed by atoms with Crippen molar-refractivity contribution in [3.05, 3.63) is 142 Å². The van der Waals surface area contributed by atoms with E-state index in [1.807, 2.05) is 101 Å². The Morgan fingerprint density at radius 1 is 0.727 bits per heavy atom. The second-order valence-corrected chi connectivity index (χ2v) is 13.4. The highest BCUT2D eigenvalue weighted by molar-refractivity contribution is 5.90. The zero-order valence-electron chi connectivity index (χ0n) is 30.8. The highest BCUT2D eigenvalue weighted by Crippen LogP contribution is 2.38. The van der Waals surface area contributed by atoms with Gasteiger partial charge in [-0.25, -0.2) is 10.9 Å². The molecule has 0 aliphatic rings. The molecule has 7 rings (SSSR count). The number of aliphatic hydroxyl groups excluding tert-OH is 1. The number of hydrogen-bond donors (Lipinski definition) is 5. The fourth-order valence-electron chi connectivity index (χ4n) is 6.52. The molecular weight excluding hydrogens is 697 g/mol. The van der Waals surface area contributed by atoms with Gasteiger partial charge in [-0.2, -0.15) is 10.2 Å². The van der Waals surface area contributed by atoms with Gasteiger partial charge in [0.2, 0.25) is 0 Å². The van der Waals surface area contributed by atoms with E-state index in [1.54, 1.807) is 36.9 Å². The number of furan rings is 1. The summed E-state index contributed by atoms with van der Waals surface area (Å²) in [5, 5.41) is 21.7. The molecule has 12 heteroatoms. The number of hydrazone groups is 2. The summed E-state index contributed by atoms with van der Waals surface area (Å²) in [6.45, 7) is 7.08. The molecule has 0 fully saturated rings. The van der Waals surface area contributed by atoms with Crippen LogP contribution in [0.25, 0.3) is 32.9 Å². The predicted molar refractivity (Wildman–Crippen MR) is 213 cm³/mol. The summed E-state index contributed by atoms with van der Waals surface area (Å²) in [7, 11) is 0. The van der Waals surface area contributed by atoms with Gasteiger partial charge in [-0.1, -0.05) is 30.3 Å². The number of hydrogen-bond acceptors (Lipinski definition) is 8. The molecule has 0 aliphatic heterocycles. The normalized spacial score (nSPS) is 12.2. The van der Waals surface area contributed by atoms with Crippen molar-refractivity contribution in [2.75, 3.05) is 13.2 Å². The number of amides is 2. The van der Waals surface area contributed by atoms with Crippen LogP contribution in [0, 0.1) is 27.7 Å². The molecular formula is C43H40N6O6. The van der Waals surface area contributed by atoms with Crippen LogP contribution >= 0.6 is 0 Å². The van der Waals surface area contributed by atoms with Crippen LogP contribution in [-0.4, -0.2) is 52.5 Å². The number of nitrogens with one attached hydrogen (secondary N) is 4. The van der Waals surface area contributed by atoms with Gasteiger partial charge in [-0.05, 0) is 126 Å². The summed E-state index contributed by atoms with van der Waals surface area (Å²) < 4.78 is 17.8. The molecule has 278 valence electrons. The first-order valence-electron chi connectivity index (χ1n) is 17.6. The summed E-state index contributed by atoms with van der Waals surface area (Å²) in [6, 6.07) is 24.9. The first kappa shape index (κ1) is 36.4. The number of aromatic nitrogens is 2. The average molecular weight is 737 g/mol. The lowest BCUT2D eigenvalue weighted by molar-refractivity contribution is -0.123. The van der Waals surface area contributed by atoms with Crippen LogP contribution in [0.2, 0.25) is 0 Å². The van der Waals surface area contributed by atoms with Gasteiger partial charge >= 0.3 is 0 Å². The van der Waals surface area contributed by atoms with E-state index < -0.39 is 17.9 Å². The summed E-state index contributed by atoms with van der Waals surface area (Å²) in [5.41, 5.74) is 14.0. The maximum absolute atomic E-state index is 12.7. The predicted octanol–water partition coefficient (Wildman–Crippen LogP) is 7.28. The standard InChI is InChI=1S/C43H40N6O6/c1-25-13-26(2)43(55-24-40(51)49-47-21-30-6-8-32-10-12-45-37(32)18-30)35(14-25)34-19-38(53-22-34)41(52)33-15-27(3)42(28(4)16-33)54-23-39(50)48-46-20-29-5-7-31-9-11-44-36(31)17-29/h5-22,41,44-45,52H,23-24H2,1-4H3,(H,48,50)(H,49,51). The van der Waals surface area contributed by atoms with Crippen LogP contribution in [0.4, 0.5) is 0 Å². The first-order chi connectivity index (χ1) is 26.6. The Bertz CT molecular complexity index is 2550. The third-order valence-electron chi connectivity index (χ3n) is 9.08. The Kier molecular flexibility index (Phi) is 10.6. The van der Waals surface area contributed by atoms with E-state index >= 15 is 0 Å². The summed E-state index contributed by atoms with van der Waals surface area (Å²) in [6.07, 6.45) is 7.36. The lowest BCUT2D eigenvalue weighted by atomic mass is 9.98. The molecule has 4 aromatic carbocycles. The number of rotatable bonds is 13. The van der Waals surface area contributed by atoms with Gasteiger partial charge in [-0.15, -0.1) is 0 Å². The Hall–Kier alpha value is -6.92. The molecule has 55 heavy (non-hydrogen) atoms. The van der Waals surface area contributed by atoms with E-state index in [2.05, 4.69) is 31.0 Å². The number of aromatic amines is 2. The summed E-state index contributed by atoms with van der Waals surface area (Å²) in [4.78, 5) is 31.5. The van der Waals surface area contributed by atoms with Gasteiger partial charge < -0.3 is 29.0 Å². The molecule has 12 nitrogen and oxygen atoms in total. The van der Waals surface area contributed by atoms with E-state index in [0.717, 1.165) is 60.8 Å². The minimum absolute atomic E-state index is 0.238. The van der Waals surface area contributed by atoms with E-state index in [0.29, 0.717) is 28.4 Å². The lowest BCUT2D eigenvalue weighted by Gasteiger charge is -2.16.